The predicted molar refractivity (Wildman–Crippen MR) is 151 cm³/mol. The molecule has 0 bridgehead atoms. The van der Waals surface area contributed by atoms with E-state index < -0.39 is 10.0 Å². The van der Waals surface area contributed by atoms with Crippen molar-refractivity contribution >= 4 is 38.3 Å². The lowest BCUT2D eigenvalue weighted by molar-refractivity contribution is 0.0768. The zero-order valence-corrected chi connectivity index (χ0v) is 22.9. The first-order valence-electron chi connectivity index (χ1n) is 13.6. The minimum Gasteiger partial charge on any atom is -0.488 e. The van der Waals surface area contributed by atoms with E-state index in [9.17, 15) is 13.2 Å². The van der Waals surface area contributed by atoms with E-state index in [0.29, 0.717) is 31.9 Å². The van der Waals surface area contributed by atoms with Crippen LogP contribution < -0.4 is 15.0 Å². The van der Waals surface area contributed by atoms with Crippen LogP contribution in [0.15, 0.2) is 48.8 Å². The van der Waals surface area contributed by atoms with E-state index in [0.717, 1.165) is 48.2 Å². The normalized spacial score (nSPS) is 19.3. The van der Waals surface area contributed by atoms with Gasteiger partial charge >= 0.3 is 6.03 Å². The fraction of sp³-hybridized carbons (Fsp3) is 0.464. The fourth-order valence-electron chi connectivity index (χ4n) is 5.68. The summed E-state index contributed by atoms with van der Waals surface area (Å²) in [6.07, 6.45) is 6.77. The molecular weight excluding hydrogens is 516 g/mol. The molecule has 0 atom stereocenters. The highest BCUT2D eigenvalue weighted by Gasteiger charge is 2.35. The van der Waals surface area contributed by atoms with Crippen LogP contribution in [0, 0.1) is 0 Å². The van der Waals surface area contributed by atoms with Gasteiger partial charge in [-0.05, 0) is 62.1 Å². The van der Waals surface area contributed by atoms with E-state index in [-0.39, 0.29) is 18.1 Å². The van der Waals surface area contributed by atoms with Crippen LogP contribution in [0.1, 0.15) is 37.3 Å². The third kappa shape index (κ3) is 5.65. The summed E-state index contributed by atoms with van der Waals surface area (Å²) in [4.78, 5) is 26.2. The molecule has 11 heteroatoms. The average molecular weight is 551 g/mol. The van der Waals surface area contributed by atoms with Crippen LogP contribution in [0.3, 0.4) is 0 Å². The number of likely N-dealkylation sites (tertiary alicyclic amines) is 1. The molecule has 3 aliphatic rings. The van der Waals surface area contributed by atoms with Crippen LogP contribution in [0.2, 0.25) is 0 Å². The number of urea groups is 1. The molecule has 0 unspecified atom stereocenters. The molecule has 3 aromatic rings. The Balaban J connectivity index is 1.04. The summed E-state index contributed by atoms with van der Waals surface area (Å²) in [7, 11) is -3.17. The first-order valence-corrected chi connectivity index (χ1v) is 15.5. The molecule has 2 aromatic carbocycles. The van der Waals surface area contributed by atoms with Crippen molar-refractivity contribution in [2.45, 2.75) is 37.7 Å². The maximum atomic E-state index is 12.9. The van der Waals surface area contributed by atoms with Crippen molar-refractivity contribution in [1.29, 1.82) is 0 Å². The Hall–Kier alpha value is -3.44. The van der Waals surface area contributed by atoms with Gasteiger partial charge in [-0.25, -0.2) is 23.2 Å². The average Bonchev–Trinajstić information content (AvgIpc) is 3.45. The van der Waals surface area contributed by atoms with Crippen LogP contribution in [0.4, 0.5) is 16.2 Å². The number of fused-ring (bicyclic) bond motifs is 1. The number of amides is 2. The van der Waals surface area contributed by atoms with Crippen molar-refractivity contribution in [3.05, 3.63) is 54.5 Å². The van der Waals surface area contributed by atoms with Gasteiger partial charge in [-0.2, -0.15) is 4.31 Å². The van der Waals surface area contributed by atoms with Crippen molar-refractivity contribution < 1.29 is 17.9 Å². The van der Waals surface area contributed by atoms with E-state index in [1.807, 2.05) is 35.2 Å². The lowest BCUT2D eigenvalue weighted by atomic mass is 9.91. The molecule has 2 amide bonds. The molecule has 6 rings (SSSR count). The van der Waals surface area contributed by atoms with Crippen molar-refractivity contribution in [1.82, 2.24) is 19.2 Å². The highest BCUT2D eigenvalue weighted by molar-refractivity contribution is 7.88. The minimum absolute atomic E-state index is 0.0675. The Morgan fingerprint density at radius 2 is 1.69 bits per heavy atom. The number of ether oxygens (including phenoxy) is 1. The molecule has 4 heterocycles. The predicted octanol–water partition coefficient (Wildman–Crippen LogP) is 3.66. The first kappa shape index (κ1) is 25.8. The highest BCUT2D eigenvalue weighted by Crippen LogP contribution is 2.33. The number of aromatic nitrogens is 2. The van der Waals surface area contributed by atoms with E-state index in [2.05, 4.69) is 32.3 Å². The van der Waals surface area contributed by atoms with Gasteiger partial charge in [0.2, 0.25) is 10.0 Å². The summed E-state index contributed by atoms with van der Waals surface area (Å²) in [5, 5.41) is 4.03. The second-order valence-corrected chi connectivity index (χ2v) is 12.7. The monoisotopic (exact) mass is 550 g/mol. The van der Waals surface area contributed by atoms with Gasteiger partial charge in [-0.1, -0.05) is 0 Å². The number of carbonyl (C=O) groups is 1. The zero-order valence-electron chi connectivity index (χ0n) is 22.1. The highest BCUT2D eigenvalue weighted by atomic mass is 32.2. The fourth-order valence-corrected chi connectivity index (χ4v) is 6.56. The van der Waals surface area contributed by atoms with E-state index in [1.54, 1.807) is 6.33 Å². The molecule has 0 saturated carbocycles. The van der Waals surface area contributed by atoms with E-state index in [4.69, 9.17) is 4.74 Å². The van der Waals surface area contributed by atoms with Crippen molar-refractivity contribution in [3.8, 4) is 5.75 Å². The molecule has 0 aliphatic carbocycles. The van der Waals surface area contributed by atoms with Gasteiger partial charge in [-0.15, -0.1) is 0 Å². The maximum absolute atomic E-state index is 12.9. The van der Waals surface area contributed by atoms with Gasteiger partial charge < -0.3 is 19.9 Å². The zero-order chi connectivity index (χ0) is 27.0. The number of sulfonamides is 1. The van der Waals surface area contributed by atoms with Gasteiger partial charge in [0.05, 0.1) is 30.6 Å². The molecule has 3 saturated heterocycles. The van der Waals surface area contributed by atoms with E-state index in [1.165, 1.54) is 29.1 Å². The van der Waals surface area contributed by atoms with Crippen LogP contribution >= 0.6 is 0 Å². The molecule has 3 aliphatic heterocycles. The molecule has 1 N–H and O–H groups in total. The van der Waals surface area contributed by atoms with Crippen molar-refractivity contribution in [2.24, 2.45) is 0 Å². The molecule has 0 spiro atoms. The summed E-state index contributed by atoms with van der Waals surface area (Å²) in [5.41, 5.74) is 3.82. The Labute approximate surface area is 229 Å². The molecule has 39 heavy (non-hydrogen) atoms. The summed E-state index contributed by atoms with van der Waals surface area (Å²) in [6.45, 7) is 4.25. The lowest BCUT2D eigenvalue weighted by Crippen LogP contribution is -2.55. The molecule has 3 fully saturated rings. The SMILES string of the molecule is CS(=O)(=O)N1CC(Oc2ccc3c(C4CCN(C(=O)Nc5ccc(N6CCCC6)cc5)CC4)ncnc3c2)C1. The molecule has 0 radical (unpaired) electrons. The number of benzene rings is 2. The van der Waals surface area contributed by atoms with Gasteiger partial charge in [0.25, 0.3) is 0 Å². The lowest BCUT2D eigenvalue weighted by Gasteiger charge is -2.36. The summed E-state index contributed by atoms with van der Waals surface area (Å²) in [5.74, 6) is 0.909. The minimum atomic E-state index is -3.17. The number of hydrogen-bond acceptors (Lipinski definition) is 7. The second-order valence-electron chi connectivity index (χ2n) is 10.7. The molecule has 1 aromatic heterocycles. The second kappa shape index (κ2) is 10.6. The number of nitrogens with zero attached hydrogens (tertiary/aromatic N) is 5. The molecule has 206 valence electrons. The largest absolute Gasteiger partial charge is 0.488 e. The van der Waals surface area contributed by atoms with Crippen LogP contribution in [0.5, 0.6) is 5.75 Å². The summed E-state index contributed by atoms with van der Waals surface area (Å²) in [6, 6.07) is 13.8. The number of carbonyl (C=O) groups excluding carboxylic acids is 1. The van der Waals surface area contributed by atoms with Crippen LogP contribution in [-0.4, -0.2) is 85.3 Å². The Bertz CT molecular complexity index is 1440. The van der Waals surface area contributed by atoms with Crippen LogP contribution in [-0.2, 0) is 10.0 Å². The van der Waals surface area contributed by atoms with Crippen molar-refractivity contribution in [3.63, 3.8) is 0 Å². The van der Waals surface area contributed by atoms with Gasteiger partial charge in [0.15, 0.2) is 0 Å². The Kier molecular flexibility index (Phi) is 7.03. The Morgan fingerprint density at radius 3 is 2.38 bits per heavy atom. The first-order chi connectivity index (χ1) is 18.8. The topological polar surface area (TPSA) is 108 Å². The smallest absolute Gasteiger partial charge is 0.321 e. The third-order valence-electron chi connectivity index (χ3n) is 7.98. The number of anilines is 2. The molecule has 10 nitrogen and oxygen atoms in total. The standard InChI is InChI=1S/C28H34N6O4S/c1-39(36,37)34-17-24(18-34)38-23-8-9-25-26(16-23)29-19-30-27(25)20-10-14-33(15-11-20)28(35)31-21-4-6-22(7-5-21)32-12-2-3-13-32/h4-9,16,19-20,24H,2-3,10-15,17-18H2,1H3,(H,31,35). The summed E-state index contributed by atoms with van der Waals surface area (Å²) < 4.78 is 30.6. The van der Waals surface area contributed by atoms with E-state index >= 15 is 0 Å². The maximum Gasteiger partial charge on any atom is 0.321 e. The number of piperidine rings is 1. The van der Waals surface area contributed by atoms with Gasteiger partial charge in [0.1, 0.15) is 18.2 Å². The van der Waals surface area contributed by atoms with Gasteiger partial charge in [0, 0.05) is 54.9 Å². The third-order valence-corrected chi connectivity index (χ3v) is 9.22. The van der Waals surface area contributed by atoms with Gasteiger partial charge in [-0.3, -0.25) is 0 Å². The van der Waals surface area contributed by atoms with Crippen molar-refractivity contribution in [2.75, 3.05) is 55.7 Å². The number of rotatable bonds is 6. The summed E-state index contributed by atoms with van der Waals surface area (Å²) >= 11 is 0. The van der Waals surface area contributed by atoms with Crippen LogP contribution in [0.25, 0.3) is 10.9 Å². The Morgan fingerprint density at radius 1 is 0.974 bits per heavy atom. The quantitative estimate of drug-likeness (QED) is 0.499. The number of nitrogens with one attached hydrogen (secondary N) is 1. The number of hydrogen-bond donors (Lipinski definition) is 1. The molecular formula is C28H34N6O4S.